The molecule has 35 heavy (non-hydrogen) atoms. The smallest absolute Gasteiger partial charge is 0.229 e. The van der Waals surface area contributed by atoms with Crippen LogP contribution in [0.15, 0.2) is 84.9 Å². The molecule has 1 N–H and O–H groups in total. The molecule has 1 aliphatic heterocycles. The van der Waals surface area contributed by atoms with Crippen LogP contribution in [0.4, 0.5) is 0 Å². The molecule has 7 heteroatoms. The Labute approximate surface area is 206 Å². The molecule has 1 heterocycles. The minimum atomic E-state index is -0.965. The van der Waals surface area contributed by atoms with Crippen molar-refractivity contribution >= 4 is 0 Å². The van der Waals surface area contributed by atoms with Gasteiger partial charge in [0.1, 0.15) is 35.9 Å². The number of aliphatic hydroxyl groups is 1. The Hall–Kier alpha value is -2.94. The average Bonchev–Trinajstić information content (AvgIpc) is 2.91. The van der Waals surface area contributed by atoms with Gasteiger partial charge >= 0.3 is 0 Å². The van der Waals surface area contributed by atoms with Gasteiger partial charge in [-0.05, 0) is 35.4 Å². The third kappa shape index (κ3) is 6.81. The summed E-state index contributed by atoms with van der Waals surface area (Å²) in [7, 11) is 3.16. The summed E-state index contributed by atoms with van der Waals surface area (Å²) in [6.45, 7) is 0.895. The molecule has 3 aromatic carbocycles. The van der Waals surface area contributed by atoms with Gasteiger partial charge in [-0.15, -0.1) is 0 Å². The first kappa shape index (κ1) is 25.2. The lowest BCUT2D eigenvalue weighted by atomic mass is 9.98. The van der Waals surface area contributed by atoms with Gasteiger partial charge in [0.2, 0.25) is 6.29 Å². The fourth-order valence-electron chi connectivity index (χ4n) is 3.99. The van der Waals surface area contributed by atoms with Gasteiger partial charge in [-0.25, -0.2) is 0 Å². The number of rotatable bonds is 11. The summed E-state index contributed by atoms with van der Waals surface area (Å²) < 4.78 is 35.4. The molecule has 7 nitrogen and oxygen atoms in total. The Morgan fingerprint density at radius 1 is 0.743 bits per heavy atom. The molecule has 1 unspecified atom stereocenters. The van der Waals surface area contributed by atoms with E-state index in [-0.39, 0.29) is 6.61 Å². The van der Waals surface area contributed by atoms with Crippen LogP contribution in [0.1, 0.15) is 11.1 Å². The second-order valence-corrected chi connectivity index (χ2v) is 8.29. The predicted octanol–water partition coefficient (Wildman–Crippen LogP) is 3.98. The maximum atomic E-state index is 11.1. The van der Waals surface area contributed by atoms with Crippen molar-refractivity contribution in [3.05, 3.63) is 96.1 Å². The molecule has 0 amide bonds. The van der Waals surface area contributed by atoms with Crippen LogP contribution in [0.3, 0.4) is 0 Å². The summed E-state index contributed by atoms with van der Waals surface area (Å²) >= 11 is 0. The minimum Gasteiger partial charge on any atom is -0.497 e. The lowest BCUT2D eigenvalue weighted by Crippen LogP contribution is -2.61. The van der Waals surface area contributed by atoms with Crippen molar-refractivity contribution in [1.29, 1.82) is 0 Å². The molecule has 1 fully saturated rings. The number of hydrogen-bond donors (Lipinski definition) is 1. The van der Waals surface area contributed by atoms with Crippen LogP contribution in [-0.4, -0.2) is 56.6 Å². The zero-order chi connectivity index (χ0) is 24.5. The second kappa shape index (κ2) is 12.7. The van der Waals surface area contributed by atoms with Crippen molar-refractivity contribution in [1.82, 2.24) is 0 Å². The maximum Gasteiger partial charge on any atom is 0.229 e. The van der Waals surface area contributed by atoms with Crippen molar-refractivity contribution in [2.24, 2.45) is 0 Å². The van der Waals surface area contributed by atoms with Gasteiger partial charge in [-0.2, -0.15) is 0 Å². The van der Waals surface area contributed by atoms with Crippen LogP contribution in [0.25, 0.3) is 0 Å². The van der Waals surface area contributed by atoms with Gasteiger partial charge in [-0.3, -0.25) is 0 Å². The highest BCUT2D eigenvalue weighted by atomic mass is 16.7. The summed E-state index contributed by atoms with van der Waals surface area (Å²) in [5.74, 6) is 1.30. The quantitative estimate of drug-likeness (QED) is 0.445. The van der Waals surface area contributed by atoms with Crippen LogP contribution in [-0.2, 0) is 32.2 Å². The third-order valence-electron chi connectivity index (χ3n) is 5.88. The van der Waals surface area contributed by atoms with E-state index in [1.54, 1.807) is 38.5 Å². The molecule has 0 radical (unpaired) electrons. The van der Waals surface area contributed by atoms with E-state index >= 15 is 0 Å². The summed E-state index contributed by atoms with van der Waals surface area (Å²) in [5.41, 5.74) is 2.03. The van der Waals surface area contributed by atoms with E-state index in [0.717, 1.165) is 16.9 Å². The van der Waals surface area contributed by atoms with Gasteiger partial charge < -0.3 is 33.5 Å². The van der Waals surface area contributed by atoms with Gasteiger partial charge in [0, 0.05) is 7.11 Å². The molecular formula is C28H32O7. The van der Waals surface area contributed by atoms with Gasteiger partial charge in [0.25, 0.3) is 0 Å². The molecule has 1 aliphatic rings. The Morgan fingerprint density at radius 3 is 1.94 bits per heavy atom. The normalized spacial score (nSPS) is 24.1. The summed E-state index contributed by atoms with van der Waals surface area (Å²) in [6, 6.07) is 26.8. The largest absolute Gasteiger partial charge is 0.497 e. The predicted molar refractivity (Wildman–Crippen MR) is 130 cm³/mol. The summed E-state index contributed by atoms with van der Waals surface area (Å²) in [6.07, 6.45) is -3.81. The lowest BCUT2D eigenvalue weighted by Gasteiger charge is -2.43. The van der Waals surface area contributed by atoms with Crippen LogP contribution < -0.4 is 9.47 Å². The molecule has 186 valence electrons. The molecule has 4 rings (SSSR count). The first-order chi connectivity index (χ1) is 17.2. The number of ether oxygens (including phenoxy) is 6. The second-order valence-electron chi connectivity index (χ2n) is 8.29. The first-order valence-electron chi connectivity index (χ1n) is 11.6. The minimum absolute atomic E-state index is 0.170. The van der Waals surface area contributed by atoms with Gasteiger partial charge in [-0.1, -0.05) is 60.7 Å². The summed E-state index contributed by atoms with van der Waals surface area (Å²) in [5, 5.41) is 11.1. The molecule has 5 atom stereocenters. The number of benzene rings is 3. The number of methoxy groups -OCH3 is 2. The summed E-state index contributed by atoms with van der Waals surface area (Å²) in [4.78, 5) is 0. The Kier molecular flexibility index (Phi) is 9.11. The van der Waals surface area contributed by atoms with Crippen LogP contribution in [0.5, 0.6) is 11.5 Å². The fourth-order valence-corrected chi connectivity index (χ4v) is 3.99. The van der Waals surface area contributed by atoms with E-state index in [0.29, 0.717) is 19.0 Å². The van der Waals surface area contributed by atoms with E-state index in [2.05, 4.69) is 0 Å². The van der Waals surface area contributed by atoms with E-state index in [9.17, 15) is 5.11 Å². The van der Waals surface area contributed by atoms with Crippen molar-refractivity contribution in [3.8, 4) is 11.5 Å². The zero-order valence-corrected chi connectivity index (χ0v) is 20.0. The fraction of sp³-hybridized carbons (Fsp3) is 0.357. The third-order valence-corrected chi connectivity index (χ3v) is 5.88. The zero-order valence-electron chi connectivity index (χ0n) is 20.0. The highest BCUT2D eigenvalue weighted by Crippen LogP contribution is 2.29. The van der Waals surface area contributed by atoms with Crippen molar-refractivity contribution in [2.45, 2.75) is 43.9 Å². The standard InChI is InChI=1S/C28H32O7/c1-30-22-13-15-23(16-14-22)34-28-27(33-18-21-11-7-4-8-12-21)26(31-2)25(29)24(35-28)19-32-17-20-9-5-3-6-10-20/h3-16,24-29H,17-19H2,1-2H3/t24-,25-,26+,27-,28?/m1/s1. The van der Waals surface area contributed by atoms with Gasteiger partial charge in [0.15, 0.2) is 0 Å². The highest BCUT2D eigenvalue weighted by molar-refractivity contribution is 5.31. The molecule has 0 bridgehead atoms. The van der Waals surface area contributed by atoms with Crippen molar-refractivity contribution < 1.29 is 33.5 Å². The molecule has 0 aromatic heterocycles. The maximum absolute atomic E-state index is 11.1. The topological polar surface area (TPSA) is 75.6 Å². The SMILES string of the molecule is COc1ccc(OC2O[C@H](COCc3ccccc3)[C@@H](O)[C@H](OC)[C@H]2OCc2ccccc2)cc1. The molecule has 0 spiro atoms. The number of hydrogen-bond acceptors (Lipinski definition) is 7. The molecule has 0 aliphatic carbocycles. The van der Waals surface area contributed by atoms with Crippen LogP contribution in [0, 0.1) is 0 Å². The van der Waals surface area contributed by atoms with Crippen molar-refractivity contribution in [3.63, 3.8) is 0 Å². The van der Waals surface area contributed by atoms with Crippen molar-refractivity contribution in [2.75, 3.05) is 20.8 Å². The molecule has 3 aromatic rings. The number of aliphatic hydroxyl groups excluding tert-OH is 1. The molecule has 0 saturated carbocycles. The first-order valence-corrected chi connectivity index (χ1v) is 11.6. The highest BCUT2D eigenvalue weighted by Gasteiger charge is 2.47. The molecular weight excluding hydrogens is 448 g/mol. The molecule has 1 saturated heterocycles. The van der Waals surface area contributed by atoms with Gasteiger partial charge in [0.05, 0.1) is 26.9 Å². The Balaban J connectivity index is 1.48. The van der Waals surface area contributed by atoms with E-state index in [1.807, 2.05) is 60.7 Å². The van der Waals surface area contributed by atoms with E-state index in [1.165, 1.54) is 0 Å². The lowest BCUT2D eigenvalue weighted by molar-refractivity contribution is -0.296. The monoisotopic (exact) mass is 480 g/mol. The van der Waals surface area contributed by atoms with E-state index in [4.69, 9.17) is 28.4 Å². The van der Waals surface area contributed by atoms with E-state index < -0.39 is 30.7 Å². The Bertz CT molecular complexity index is 997. The Morgan fingerprint density at radius 2 is 1.34 bits per heavy atom. The van der Waals surface area contributed by atoms with Crippen LogP contribution >= 0.6 is 0 Å². The average molecular weight is 481 g/mol. The van der Waals surface area contributed by atoms with Crippen LogP contribution in [0.2, 0.25) is 0 Å².